The number of hydrogen-bond acceptors (Lipinski definition) is 6. The summed E-state index contributed by atoms with van der Waals surface area (Å²) in [6.45, 7) is 4.15. The predicted octanol–water partition coefficient (Wildman–Crippen LogP) is 2.59. The zero-order valence-corrected chi connectivity index (χ0v) is 20.7. The standard InChI is InChI=1S/C25H33N3O5S/c1-26(18-20-6-3-4-8-24(20)27-14-16-33-17-15-27)25(29)21-7-5-13-28(19-21)34(30,31)23-11-9-22(32-2)10-12-23/h3-4,6,8-12,21H,5,7,13-19H2,1-2H3. The number of methoxy groups -OCH3 is 1. The highest BCUT2D eigenvalue weighted by Crippen LogP contribution is 2.28. The summed E-state index contributed by atoms with van der Waals surface area (Å²) in [5.41, 5.74) is 2.21. The summed E-state index contributed by atoms with van der Waals surface area (Å²) in [5, 5.41) is 0. The molecule has 2 aliphatic rings. The Morgan fingerprint density at radius 2 is 1.79 bits per heavy atom. The molecule has 0 aromatic heterocycles. The average Bonchev–Trinajstić information content (AvgIpc) is 2.89. The summed E-state index contributed by atoms with van der Waals surface area (Å²) in [4.78, 5) is 17.6. The Hall–Kier alpha value is -2.62. The molecule has 2 aromatic rings. The van der Waals surface area contributed by atoms with Crippen molar-refractivity contribution in [2.45, 2.75) is 24.3 Å². The van der Waals surface area contributed by atoms with Crippen LogP contribution in [0.2, 0.25) is 0 Å². The van der Waals surface area contributed by atoms with E-state index >= 15 is 0 Å². The second kappa shape index (κ2) is 10.8. The van der Waals surface area contributed by atoms with E-state index in [1.807, 2.05) is 12.1 Å². The van der Waals surface area contributed by atoms with E-state index in [1.54, 1.807) is 43.3 Å². The van der Waals surface area contributed by atoms with E-state index in [-0.39, 0.29) is 23.3 Å². The molecule has 4 rings (SSSR count). The van der Waals surface area contributed by atoms with Gasteiger partial charge >= 0.3 is 0 Å². The number of ether oxygens (including phenoxy) is 2. The lowest BCUT2D eigenvalue weighted by atomic mass is 9.98. The van der Waals surface area contributed by atoms with E-state index < -0.39 is 10.0 Å². The number of nitrogens with zero attached hydrogens (tertiary/aromatic N) is 3. The third-order valence-corrected chi connectivity index (χ3v) is 8.44. The van der Waals surface area contributed by atoms with Gasteiger partial charge in [-0.25, -0.2) is 8.42 Å². The molecule has 0 spiro atoms. The normalized spacial score (nSPS) is 19.6. The van der Waals surface area contributed by atoms with Crippen molar-refractivity contribution in [1.82, 2.24) is 9.21 Å². The first-order chi connectivity index (χ1) is 16.4. The molecule has 0 radical (unpaired) electrons. The van der Waals surface area contributed by atoms with Crippen molar-refractivity contribution in [3.63, 3.8) is 0 Å². The van der Waals surface area contributed by atoms with Crippen LogP contribution < -0.4 is 9.64 Å². The minimum Gasteiger partial charge on any atom is -0.497 e. The second-order valence-corrected chi connectivity index (χ2v) is 10.7. The molecule has 9 heteroatoms. The zero-order valence-electron chi connectivity index (χ0n) is 19.9. The van der Waals surface area contributed by atoms with E-state index in [4.69, 9.17) is 9.47 Å². The molecule has 2 aliphatic heterocycles. The van der Waals surface area contributed by atoms with Gasteiger partial charge in [-0.2, -0.15) is 4.31 Å². The zero-order chi connectivity index (χ0) is 24.1. The first kappa shape index (κ1) is 24.5. The Labute approximate surface area is 202 Å². The van der Waals surface area contributed by atoms with Gasteiger partial charge in [0.2, 0.25) is 15.9 Å². The summed E-state index contributed by atoms with van der Waals surface area (Å²) in [7, 11) is -0.328. The molecule has 1 unspecified atom stereocenters. The number of benzene rings is 2. The van der Waals surface area contributed by atoms with Gasteiger partial charge in [-0.15, -0.1) is 0 Å². The number of carbonyl (C=O) groups excluding carboxylic acids is 1. The molecule has 1 amide bonds. The van der Waals surface area contributed by atoms with Gasteiger partial charge < -0.3 is 19.3 Å². The van der Waals surface area contributed by atoms with E-state index in [0.29, 0.717) is 44.9 Å². The van der Waals surface area contributed by atoms with Crippen LogP contribution in [0.4, 0.5) is 5.69 Å². The molecular weight excluding hydrogens is 454 g/mol. The third kappa shape index (κ3) is 5.37. The molecule has 2 saturated heterocycles. The molecule has 0 bridgehead atoms. The molecule has 1 atom stereocenters. The molecular formula is C25H33N3O5S. The average molecular weight is 488 g/mol. The Balaban J connectivity index is 1.44. The summed E-state index contributed by atoms with van der Waals surface area (Å²) in [6.07, 6.45) is 1.34. The van der Waals surface area contributed by atoms with Gasteiger partial charge in [0, 0.05) is 45.5 Å². The Bertz CT molecular complexity index is 1080. The summed E-state index contributed by atoms with van der Waals surface area (Å²) >= 11 is 0. The molecule has 0 N–H and O–H groups in total. The lowest BCUT2D eigenvalue weighted by Gasteiger charge is -2.34. The molecule has 2 heterocycles. The Morgan fingerprint density at radius 3 is 2.50 bits per heavy atom. The summed E-state index contributed by atoms with van der Waals surface area (Å²) in [5.74, 6) is 0.221. The minimum atomic E-state index is -3.67. The number of para-hydroxylation sites is 1. The van der Waals surface area contributed by atoms with Crippen molar-refractivity contribution < 1.29 is 22.7 Å². The van der Waals surface area contributed by atoms with E-state index in [0.717, 1.165) is 24.3 Å². The van der Waals surface area contributed by atoms with Crippen LogP contribution in [0.15, 0.2) is 53.4 Å². The predicted molar refractivity (Wildman–Crippen MR) is 130 cm³/mol. The second-order valence-electron chi connectivity index (χ2n) is 8.80. The summed E-state index contributed by atoms with van der Waals surface area (Å²) < 4.78 is 38.4. The number of morpholine rings is 1. The lowest BCUT2D eigenvalue weighted by molar-refractivity contribution is -0.135. The highest BCUT2D eigenvalue weighted by Gasteiger charge is 2.34. The lowest BCUT2D eigenvalue weighted by Crippen LogP contribution is -2.45. The van der Waals surface area contributed by atoms with Crippen LogP contribution in [0.1, 0.15) is 18.4 Å². The van der Waals surface area contributed by atoms with E-state index in [9.17, 15) is 13.2 Å². The first-order valence-electron chi connectivity index (χ1n) is 11.7. The van der Waals surface area contributed by atoms with Crippen LogP contribution >= 0.6 is 0 Å². The van der Waals surface area contributed by atoms with Crippen molar-refractivity contribution in [3.8, 4) is 5.75 Å². The van der Waals surface area contributed by atoms with Crippen LogP contribution in [0, 0.1) is 5.92 Å². The third-order valence-electron chi connectivity index (χ3n) is 6.56. The number of rotatable bonds is 7. The van der Waals surface area contributed by atoms with Crippen molar-refractivity contribution in [2.24, 2.45) is 5.92 Å². The molecule has 0 saturated carbocycles. The molecule has 184 valence electrons. The summed E-state index contributed by atoms with van der Waals surface area (Å²) in [6, 6.07) is 14.5. The fourth-order valence-corrected chi connectivity index (χ4v) is 6.19. The molecule has 34 heavy (non-hydrogen) atoms. The SMILES string of the molecule is COc1ccc(S(=O)(=O)N2CCCC(C(=O)N(C)Cc3ccccc3N3CCOCC3)C2)cc1. The van der Waals surface area contributed by atoms with Gasteiger partial charge in [0.1, 0.15) is 5.75 Å². The smallest absolute Gasteiger partial charge is 0.243 e. The molecule has 2 fully saturated rings. The van der Waals surface area contributed by atoms with Crippen LogP contribution in [-0.2, 0) is 26.1 Å². The maximum Gasteiger partial charge on any atom is 0.243 e. The van der Waals surface area contributed by atoms with E-state index in [1.165, 1.54) is 4.31 Å². The number of sulfonamides is 1. The van der Waals surface area contributed by atoms with Gasteiger partial charge in [0.05, 0.1) is 31.1 Å². The van der Waals surface area contributed by atoms with Crippen molar-refractivity contribution >= 4 is 21.6 Å². The van der Waals surface area contributed by atoms with Crippen molar-refractivity contribution in [1.29, 1.82) is 0 Å². The van der Waals surface area contributed by atoms with Gasteiger partial charge in [0.15, 0.2) is 0 Å². The fourth-order valence-electron chi connectivity index (χ4n) is 4.66. The number of hydrogen-bond donors (Lipinski definition) is 0. The maximum atomic E-state index is 13.3. The number of piperidine rings is 1. The van der Waals surface area contributed by atoms with Gasteiger partial charge in [0.25, 0.3) is 0 Å². The quantitative estimate of drug-likeness (QED) is 0.597. The largest absolute Gasteiger partial charge is 0.497 e. The highest BCUT2D eigenvalue weighted by molar-refractivity contribution is 7.89. The topological polar surface area (TPSA) is 79.4 Å². The first-order valence-corrected chi connectivity index (χ1v) is 13.1. The van der Waals surface area contributed by atoms with Gasteiger partial charge in [-0.3, -0.25) is 4.79 Å². The van der Waals surface area contributed by atoms with Gasteiger partial charge in [-0.05, 0) is 48.7 Å². The van der Waals surface area contributed by atoms with Crippen LogP contribution in [0.5, 0.6) is 5.75 Å². The number of carbonyl (C=O) groups is 1. The fraction of sp³-hybridized carbons (Fsp3) is 0.480. The number of amides is 1. The van der Waals surface area contributed by atoms with Crippen LogP contribution in [0.3, 0.4) is 0 Å². The van der Waals surface area contributed by atoms with E-state index in [2.05, 4.69) is 17.0 Å². The van der Waals surface area contributed by atoms with Gasteiger partial charge in [-0.1, -0.05) is 18.2 Å². The monoisotopic (exact) mass is 487 g/mol. The van der Waals surface area contributed by atoms with Crippen molar-refractivity contribution in [2.75, 3.05) is 58.5 Å². The molecule has 8 nitrogen and oxygen atoms in total. The number of anilines is 1. The minimum absolute atomic E-state index is 0.0218. The Kier molecular flexibility index (Phi) is 7.75. The molecule has 0 aliphatic carbocycles. The molecule has 2 aromatic carbocycles. The maximum absolute atomic E-state index is 13.3. The van der Waals surface area contributed by atoms with Crippen molar-refractivity contribution in [3.05, 3.63) is 54.1 Å². The Morgan fingerprint density at radius 1 is 1.09 bits per heavy atom. The van der Waals surface area contributed by atoms with Crippen LogP contribution in [0.25, 0.3) is 0 Å². The highest BCUT2D eigenvalue weighted by atomic mass is 32.2. The van der Waals surface area contributed by atoms with Crippen LogP contribution in [-0.4, -0.2) is 77.1 Å².